The van der Waals surface area contributed by atoms with Crippen LogP contribution >= 0.6 is 0 Å². The molecule has 0 bridgehead atoms. The first-order valence-corrected chi connectivity index (χ1v) is 4.35. The molecule has 0 radical (unpaired) electrons. The molecule has 5 N–H and O–H groups in total. The number of benzene rings is 1. The van der Waals surface area contributed by atoms with Gasteiger partial charge in [-0.3, -0.25) is 4.55 Å². The molecule has 0 unspecified atom stereocenters. The van der Waals surface area contributed by atoms with Crippen LogP contribution in [-0.4, -0.2) is 66.4 Å². The fourth-order valence-corrected chi connectivity index (χ4v) is 1.31. The molecule has 1 rings (SSSR count). The first-order chi connectivity index (χ1) is 5.41. The van der Waals surface area contributed by atoms with Crippen molar-refractivity contribution in [3.05, 3.63) is 18.2 Å². The van der Waals surface area contributed by atoms with E-state index in [2.05, 4.69) is 0 Å². The molecular formula is C6H10CaO6S. The Morgan fingerprint density at radius 1 is 1.14 bits per heavy atom. The van der Waals surface area contributed by atoms with Gasteiger partial charge in [-0.15, -0.1) is 0 Å². The van der Waals surface area contributed by atoms with Crippen molar-refractivity contribution in [2.75, 3.05) is 0 Å². The van der Waals surface area contributed by atoms with Crippen molar-refractivity contribution in [1.29, 1.82) is 0 Å². The van der Waals surface area contributed by atoms with Crippen LogP contribution in [0.2, 0.25) is 0 Å². The molecule has 0 aliphatic rings. The van der Waals surface area contributed by atoms with E-state index in [1.807, 2.05) is 0 Å². The third kappa shape index (κ3) is 3.99. The third-order valence-electron chi connectivity index (χ3n) is 1.22. The number of hydrogen-bond acceptors (Lipinski definition) is 4. The van der Waals surface area contributed by atoms with Crippen molar-refractivity contribution in [2.24, 2.45) is 0 Å². The Morgan fingerprint density at radius 2 is 1.64 bits per heavy atom. The Hall–Kier alpha value is -0.0503. The Morgan fingerprint density at radius 3 is 2.00 bits per heavy atom. The molecule has 0 saturated heterocycles. The summed E-state index contributed by atoms with van der Waals surface area (Å²) in [5.41, 5.74) is 0. The zero-order valence-electron chi connectivity index (χ0n) is 6.30. The summed E-state index contributed by atoms with van der Waals surface area (Å²) in [5, 5.41) is 17.7. The Labute approximate surface area is 110 Å². The van der Waals surface area contributed by atoms with Gasteiger partial charge < -0.3 is 15.7 Å². The molecule has 1 aromatic carbocycles. The molecule has 0 aliphatic carbocycles. The van der Waals surface area contributed by atoms with Crippen LogP contribution in [0.1, 0.15) is 0 Å². The maximum atomic E-state index is 10.5. The zero-order valence-corrected chi connectivity index (χ0v) is 7.11. The van der Waals surface area contributed by atoms with Gasteiger partial charge in [0.1, 0.15) is 16.4 Å². The van der Waals surface area contributed by atoms with Crippen molar-refractivity contribution in [1.82, 2.24) is 0 Å². The van der Waals surface area contributed by atoms with E-state index in [9.17, 15) is 8.42 Å². The van der Waals surface area contributed by atoms with Gasteiger partial charge in [-0.2, -0.15) is 8.42 Å². The fourth-order valence-electron chi connectivity index (χ4n) is 0.709. The van der Waals surface area contributed by atoms with Crippen molar-refractivity contribution < 1.29 is 28.7 Å². The topological polar surface area (TPSA) is 126 Å². The second-order valence-electron chi connectivity index (χ2n) is 2.13. The summed E-state index contributed by atoms with van der Waals surface area (Å²) in [5.74, 6) is -0.948. The van der Waals surface area contributed by atoms with Gasteiger partial charge in [-0.05, 0) is 12.1 Å². The summed E-state index contributed by atoms with van der Waals surface area (Å²) in [6.45, 7) is 0. The molecule has 0 atom stereocenters. The van der Waals surface area contributed by atoms with Gasteiger partial charge in [0.2, 0.25) is 0 Å². The molecule has 0 saturated carbocycles. The molecule has 0 aliphatic heterocycles. The van der Waals surface area contributed by atoms with E-state index in [1.54, 1.807) is 0 Å². The summed E-state index contributed by atoms with van der Waals surface area (Å²) in [6.07, 6.45) is 0. The van der Waals surface area contributed by atoms with Crippen LogP contribution in [0.15, 0.2) is 23.1 Å². The standard InChI is InChI=1S/C6H6O5S.Ca.H2O.2H/c7-4-1-2-5(8)6(3-4)12(9,10)11;;;;/h1-3,7-8H,(H,9,10,11);;1H2;;. The van der Waals surface area contributed by atoms with E-state index in [4.69, 9.17) is 14.8 Å². The second kappa shape index (κ2) is 5.74. The van der Waals surface area contributed by atoms with Crippen molar-refractivity contribution in [3.8, 4) is 11.5 Å². The van der Waals surface area contributed by atoms with Gasteiger partial charge >= 0.3 is 37.7 Å². The molecule has 0 heterocycles. The van der Waals surface area contributed by atoms with Gasteiger partial charge in [-0.1, -0.05) is 0 Å². The first kappa shape index (κ1) is 16.4. The summed E-state index contributed by atoms with van der Waals surface area (Å²) < 4.78 is 29.5. The predicted molar refractivity (Wildman–Crippen MR) is 51.7 cm³/mol. The quantitative estimate of drug-likeness (QED) is 0.321. The minimum absolute atomic E-state index is 0. The predicted octanol–water partition coefficient (Wildman–Crippen LogP) is -1.40. The van der Waals surface area contributed by atoms with E-state index in [1.165, 1.54) is 0 Å². The van der Waals surface area contributed by atoms with Crippen LogP contribution in [0.3, 0.4) is 0 Å². The monoisotopic (exact) mass is 250 g/mol. The van der Waals surface area contributed by atoms with E-state index in [0.717, 1.165) is 18.2 Å². The Bertz CT molecular complexity index is 401. The van der Waals surface area contributed by atoms with E-state index >= 15 is 0 Å². The average Bonchev–Trinajstić information content (AvgIpc) is 1.92. The van der Waals surface area contributed by atoms with Gasteiger partial charge in [0.25, 0.3) is 10.1 Å². The summed E-state index contributed by atoms with van der Waals surface area (Å²) in [7, 11) is -4.47. The van der Waals surface area contributed by atoms with E-state index in [0.29, 0.717) is 0 Å². The van der Waals surface area contributed by atoms with Gasteiger partial charge in [0, 0.05) is 6.07 Å². The molecule has 1 aromatic rings. The molecule has 6 nitrogen and oxygen atoms in total. The number of aromatic hydroxyl groups is 2. The molecule has 14 heavy (non-hydrogen) atoms. The van der Waals surface area contributed by atoms with Crippen LogP contribution in [0.4, 0.5) is 0 Å². The zero-order chi connectivity index (χ0) is 9.35. The molecule has 8 heteroatoms. The summed E-state index contributed by atoms with van der Waals surface area (Å²) in [6, 6.07) is 2.83. The molecule has 0 fully saturated rings. The summed E-state index contributed by atoms with van der Waals surface area (Å²) in [4.78, 5) is -0.706. The number of hydrogen-bond donors (Lipinski definition) is 3. The molecule has 78 valence electrons. The molecule has 0 amide bonds. The van der Waals surface area contributed by atoms with Crippen molar-refractivity contribution in [3.63, 3.8) is 0 Å². The van der Waals surface area contributed by atoms with Crippen LogP contribution in [-0.2, 0) is 10.1 Å². The van der Waals surface area contributed by atoms with Crippen LogP contribution in [0.5, 0.6) is 11.5 Å². The molecule has 0 aromatic heterocycles. The fraction of sp³-hybridized carbons (Fsp3) is 0. The van der Waals surface area contributed by atoms with Gasteiger partial charge in [0.15, 0.2) is 0 Å². The average molecular weight is 250 g/mol. The van der Waals surface area contributed by atoms with E-state index < -0.39 is 20.8 Å². The number of phenols is 2. The van der Waals surface area contributed by atoms with Crippen LogP contribution in [0.25, 0.3) is 0 Å². The van der Waals surface area contributed by atoms with Crippen LogP contribution < -0.4 is 0 Å². The summed E-state index contributed by atoms with van der Waals surface area (Å²) >= 11 is 0. The normalized spacial score (nSPS) is 9.79. The first-order valence-electron chi connectivity index (χ1n) is 2.91. The number of rotatable bonds is 1. The second-order valence-corrected chi connectivity index (χ2v) is 3.52. The molecule has 0 spiro atoms. The maximum absolute atomic E-state index is 10.5. The Kier molecular flexibility index (Phi) is 6.72. The SMILES string of the molecule is O.O=S(=O)(O)c1cc(O)ccc1O.[CaH2]. The third-order valence-corrected chi connectivity index (χ3v) is 2.10. The Balaban J connectivity index is 0. The van der Waals surface area contributed by atoms with Crippen molar-refractivity contribution in [2.45, 2.75) is 4.90 Å². The van der Waals surface area contributed by atoms with Crippen molar-refractivity contribution >= 4 is 47.9 Å². The van der Waals surface area contributed by atoms with Crippen LogP contribution in [0, 0.1) is 0 Å². The number of phenolic OH excluding ortho intramolecular Hbond substituents is 2. The van der Waals surface area contributed by atoms with E-state index in [-0.39, 0.29) is 49.0 Å². The van der Waals surface area contributed by atoms with Gasteiger partial charge in [-0.25, -0.2) is 0 Å². The molecular weight excluding hydrogens is 240 g/mol. The van der Waals surface area contributed by atoms with Gasteiger partial charge in [0.05, 0.1) is 0 Å². The minimum atomic E-state index is -4.47.